The van der Waals surface area contributed by atoms with E-state index in [0.717, 1.165) is 24.2 Å². The molecular weight excluding hydrogens is 434 g/mol. The van der Waals surface area contributed by atoms with Crippen LogP contribution in [0, 0.1) is 19.8 Å². The smallest absolute Gasteiger partial charge is 0.340 e. The molecule has 1 aromatic heterocycles. The molecule has 0 bridgehead atoms. The fraction of sp³-hybridized carbons (Fsp3) is 0.500. The van der Waals surface area contributed by atoms with Crippen molar-refractivity contribution in [3.63, 3.8) is 0 Å². The Balaban J connectivity index is 1.62. The molecular formula is C26H35N3O5. The van der Waals surface area contributed by atoms with Crippen molar-refractivity contribution in [2.75, 3.05) is 19.7 Å². The number of H-pyrrole nitrogens is 1. The van der Waals surface area contributed by atoms with Gasteiger partial charge in [-0.1, -0.05) is 12.1 Å². The second kappa shape index (κ2) is 11.2. The van der Waals surface area contributed by atoms with Gasteiger partial charge >= 0.3 is 5.97 Å². The zero-order chi connectivity index (χ0) is 24.8. The Morgan fingerprint density at radius 3 is 2.53 bits per heavy atom. The molecule has 2 heterocycles. The van der Waals surface area contributed by atoms with Gasteiger partial charge in [-0.2, -0.15) is 0 Å². The van der Waals surface area contributed by atoms with Crippen LogP contribution >= 0.6 is 0 Å². The van der Waals surface area contributed by atoms with Gasteiger partial charge in [0.2, 0.25) is 5.91 Å². The van der Waals surface area contributed by atoms with Crippen molar-refractivity contribution in [2.45, 2.75) is 60.1 Å². The van der Waals surface area contributed by atoms with Crippen LogP contribution in [0.15, 0.2) is 24.3 Å². The Morgan fingerprint density at radius 1 is 1.18 bits per heavy atom. The third kappa shape index (κ3) is 5.98. The minimum absolute atomic E-state index is 0.0630. The van der Waals surface area contributed by atoms with Crippen molar-refractivity contribution in [1.82, 2.24) is 15.2 Å². The maximum Gasteiger partial charge on any atom is 0.340 e. The number of carbonyl (C=O) groups is 3. The first-order valence-corrected chi connectivity index (χ1v) is 11.9. The van der Waals surface area contributed by atoms with Crippen LogP contribution in [0.2, 0.25) is 0 Å². The topological polar surface area (TPSA) is 101 Å². The molecule has 1 aromatic carbocycles. The van der Waals surface area contributed by atoms with E-state index in [0.29, 0.717) is 48.8 Å². The fourth-order valence-corrected chi connectivity index (χ4v) is 4.28. The van der Waals surface area contributed by atoms with Crippen LogP contribution in [0.3, 0.4) is 0 Å². The number of esters is 1. The van der Waals surface area contributed by atoms with Crippen molar-refractivity contribution in [3.8, 4) is 5.75 Å². The number of benzene rings is 1. The van der Waals surface area contributed by atoms with E-state index in [9.17, 15) is 14.4 Å². The number of amides is 2. The normalized spacial score (nSPS) is 15.8. The monoisotopic (exact) mass is 469 g/mol. The molecule has 2 amide bonds. The predicted molar refractivity (Wildman–Crippen MR) is 129 cm³/mol. The molecule has 184 valence electrons. The number of aryl methyl sites for hydroxylation is 1. The maximum atomic E-state index is 13.3. The second-order valence-corrected chi connectivity index (χ2v) is 8.96. The van der Waals surface area contributed by atoms with E-state index in [1.807, 2.05) is 31.2 Å². The van der Waals surface area contributed by atoms with E-state index in [-0.39, 0.29) is 23.8 Å². The summed E-state index contributed by atoms with van der Waals surface area (Å²) in [6.07, 6.45) is 1.23. The third-order valence-electron chi connectivity index (χ3n) is 5.98. The van der Waals surface area contributed by atoms with Crippen LogP contribution in [0.4, 0.5) is 0 Å². The minimum atomic E-state index is -0.439. The molecule has 2 N–H and O–H groups in total. The molecule has 1 aliphatic heterocycles. The highest BCUT2D eigenvalue weighted by molar-refractivity contribution is 6.00. The van der Waals surface area contributed by atoms with Gasteiger partial charge in [-0.25, -0.2) is 4.79 Å². The van der Waals surface area contributed by atoms with Gasteiger partial charge < -0.3 is 24.7 Å². The van der Waals surface area contributed by atoms with Crippen LogP contribution in [-0.4, -0.2) is 53.5 Å². The molecule has 1 atom stereocenters. The molecule has 0 unspecified atom stereocenters. The van der Waals surface area contributed by atoms with Gasteiger partial charge in [-0.3, -0.25) is 9.59 Å². The van der Waals surface area contributed by atoms with Crippen molar-refractivity contribution in [1.29, 1.82) is 0 Å². The SMILES string of the molecule is CCOc1ccc(CNC(=O)[C@@H]2CCCN(C(=O)c3[nH]c(C)c(C(=O)OC(C)C)c3C)C2)cc1. The largest absolute Gasteiger partial charge is 0.494 e. The zero-order valence-electron chi connectivity index (χ0n) is 20.7. The summed E-state index contributed by atoms with van der Waals surface area (Å²) >= 11 is 0. The van der Waals surface area contributed by atoms with Crippen molar-refractivity contribution in [2.24, 2.45) is 5.92 Å². The molecule has 3 rings (SSSR count). The van der Waals surface area contributed by atoms with Gasteiger partial charge in [0.05, 0.1) is 24.2 Å². The summed E-state index contributed by atoms with van der Waals surface area (Å²) in [7, 11) is 0. The van der Waals surface area contributed by atoms with Crippen molar-refractivity contribution in [3.05, 3.63) is 52.3 Å². The average molecular weight is 470 g/mol. The van der Waals surface area contributed by atoms with E-state index >= 15 is 0 Å². The van der Waals surface area contributed by atoms with Gasteiger partial charge in [-0.05, 0) is 70.7 Å². The Kier molecular flexibility index (Phi) is 8.36. The number of ether oxygens (including phenoxy) is 2. The molecule has 2 aromatic rings. The van der Waals surface area contributed by atoms with Gasteiger partial charge in [0.15, 0.2) is 0 Å². The van der Waals surface area contributed by atoms with Gasteiger partial charge in [0, 0.05) is 25.3 Å². The van der Waals surface area contributed by atoms with E-state index in [1.165, 1.54) is 0 Å². The summed E-state index contributed by atoms with van der Waals surface area (Å²) in [5.41, 5.74) is 2.95. The standard InChI is InChI=1S/C26H35N3O5/c1-6-33-21-11-9-19(10-12-21)14-27-24(30)20-8-7-13-29(15-20)25(31)23-17(4)22(18(5)28-23)26(32)34-16(2)3/h9-12,16,20,28H,6-8,13-15H2,1-5H3,(H,27,30)/t20-/m1/s1. The first-order valence-electron chi connectivity index (χ1n) is 11.9. The number of nitrogens with one attached hydrogen (secondary N) is 2. The summed E-state index contributed by atoms with van der Waals surface area (Å²) in [4.78, 5) is 43.3. The summed E-state index contributed by atoms with van der Waals surface area (Å²) in [6, 6.07) is 7.64. The number of hydrogen-bond acceptors (Lipinski definition) is 5. The second-order valence-electron chi connectivity index (χ2n) is 8.96. The van der Waals surface area contributed by atoms with Crippen LogP contribution < -0.4 is 10.1 Å². The molecule has 8 nitrogen and oxygen atoms in total. The molecule has 0 spiro atoms. The summed E-state index contributed by atoms with van der Waals surface area (Å²) in [5.74, 6) is -0.178. The molecule has 8 heteroatoms. The molecule has 1 fully saturated rings. The minimum Gasteiger partial charge on any atom is -0.494 e. The average Bonchev–Trinajstić information content (AvgIpc) is 3.11. The van der Waals surface area contributed by atoms with Crippen LogP contribution in [0.1, 0.15) is 71.3 Å². The lowest BCUT2D eigenvalue weighted by Crippen LogP contribution is -2.45. The number of likely N-dealkylation sites (tertiary alicyclic amines) is 1. The van der Waals surface area contributed by atoms with E-state index in [2.05, 4.69) is 10.3 Å². The van der Waals surface area contributed by atoms with Crippen molar-refractivity contribution >= 4 is 17.8 Å². The third-order valence-corrected chi connectivity index (χ3v) is 5.98. The summed E-state index contributed by atoms with van der Waals surface area (Å²) in [5, 5.41) is 2.99. The number of hydrogen-bond donors (Lipinski definition) is 2. The Hall–Kier alpha value is -3.29. The highest BCUT2D eigenvalue weighted by Crippen LogP contribution is 2.24. The number of piperidine rings is 1. The van der Waals surface area contributed by atoms with Crippen LogP contribution in [0.5, 0.6) is 5.75 Å². The van der Waals surface area contributed by atoms with Gasteiger partial charge in [-0.15, -0.1) is 0 Å². The number of carbonyl (C=O) groups excluding carboxylic acids is 3. The summed E-state index contributed by atoms with van der Waals surface area (Å²) in [6.45, 7) is 11.0. The van der Waals surface area contributed by atoms with Gasteiger partial charge in [0.1, 0.15) is 11.4 Å². The molecule has 0 radical (unpaired) electrons. The maximum absolute atomic E-state index is 13.3. The molecule has 0 aliphatic carbocycles. The van der Waals surface area contributed by atoms with Crippen molar-refractivity contribution < 1.29 is 23.9 Å². The lowest BCUT2D eigenvalue weighted by atomic mass is 9.96. The van der Waals surface area contributed by atoms with E-state index in [4.69, 9.17) is 9.47 Å². The molecule has 34 heavy (non-hydrogen) atoms. The molecule has 0 saturated carbocycles. The lowest BCUT2D eigenvalue weighted by Gasteiger charge is -2.32. The number of aromatic amines is 1. The van der Waals surface area contributed by atoms with Crippen LogP contribution in [0.25, 0.3) is 0 Å². The highest BCUT2D eigenvalue weighted by atomic mass is 16.5. The Morgan fingerprint density at radius 2 is 1.88 bits per heavy atom. The Labute approximate surface area is 201 Å². The lowest BCUT2D eigenvalue weighted by molar-refractivity contribution is -0.126. The summed E-state index contributed by atoms with van der Waals surface area (Å²) < 4.78 is 10.8. The molecule has 1 saturated heterocycles. The highest BCUT2D eigenvalue weighted by Gasteiger charge is 2.32. The number of nitrogens with zero attached hydrogens (tertiary/aromatic N) is 1. The van der Waals surface area contributed by atoms with E-state index in [1.54, 1.807) is 32.6 Å². The van der Waals surface area contributed by atoms with Crippen LogP contribution in [-0.2, 0) is 16.1 Å². The quantitative estimate of drug-likeness (QED) is 0.574. The number of aromatic nitrogens is 1. The van der Waals surface area contributed by atoms with E-state index < -0.39 is 5.97 Å². The zero-order valence-corrected chi connectivity index (χ0v) is 20.7. The first-order chi connectivity index (χ1) is 16.2. The fourth-order valence-electron chi connectivity index (χ4n) is 4.28. The predicted octanol–water partition coefficient (Wildman–Crippen LogP) is 3.76. The first kappa shape index (κ1) is 25.3. The Bertz CT molecular complexity index is 1030. The molecule has 1 aliphatic rings. The number of rotatable bonds is 8. The van der Waals surface area contributed by atoms with Gasteiger partial charge in [0.25, 0.3) is 5.91 Å².